The molecule has 1 aromatic carbocycles. The van der Waals surface area contributed by atoms with E-state index in [2.05, 4.69) is 15.5 Å². The Kier molecular flexibility index (Phi) is 3.94. The predicted octanol–water partition coefficient (Wildman–Crippen LogP) is 2.30. The van der Waals surface area contributed by atoms with Crippen LogP contribution >= 0.6 is 11.6 Å². The molecule has 5 nitrogen and oxygen atoms in total. The second-order valence-electron chi connectivity index (χ2n) is 3.83. The third kappa shape index (κ3) is 3.30. The smallest absolute Gasteiger partial charge is 0.241 e. The molecule has 18 heavy (non-hydrogen) atoms. The minimum atomic E-state index is -0.192. The van der Waals surface area contributed by atoms with E-state index in [1.807, 2.05) is 31.2 Å². The van der Waals surface area contributed by atoms with Crippen molar-refractivity contribution in [2.45, 2.75) is 19.2 Å². The highest BCUT2D eigenvalue weighted by atomic mass is 35.5. The molecule has 0 spiro atoms. The highest BCUT2D eigenvalue weighted by Crippen LogP contribution is 2.10. The van der Waals surface area contributed by atoms with E-state index in [-0.39, 0.29) is 18.2 Å². The lowest BCUT2D eigenvalue weighted by Gasteiger charge is -2.03. The number of aromatic nitrogens is 2. The van der Waals surface area contributed by atoms with Crippen molar-refractivity contribution >= 4 is 23.2 Å². The summed E-state index contributed by atoms with van der Waals surface area (Å²) in [5.41, 5.74) is 1.83. The number of carbonyl (C=O) groups is 1. The fourth-order valence-corrected chi connectivity index (χ4v) is 1.60. The van der Waals surface area contributed by atoms with Gasteiger partial charge in [-0.3, -0.25) is 4.79 Å². The van der Waals surface area contributed by atoms with Gasteiger partial charge in [-0.25, -0.2) is 0 Å². The lowest BCUT2D eigenvalue weighted by Crippen LogP contribution is -2.15. The summed E-state index contributed by atoms with van der Waals surface area (Å²) in [6.07, 6.45) is 0.0638. The number of halogens is 1. The lowest BCUT2D eigenvalue weighted by atomic mass is 10.2. The number of amides is 1. The fourth-order valence-electron chi connectivity index (χ4n) is 1.49. The Bertz CT molecular complexity index is 554. The Morgan fingerprint density at radius 1 is 1.50 bits per heavy atom. The number of hydrogen-bond acceptors (Lipinski definition) is 4. The molecule has 0 bridgehead atoms. The first kappa shape index (κ1) is 12.6. The number of nitrogens with one attached hydrogen (secondary N) is 1. The van der Waals surface area contributed by atoms with Crippen LogP contribution in [0.5, 0.6) is 0 Å². The molecule has 6 heteroatoms. The van der Waals surface area contributed by atoms with Crippen LogP contribution in [0, 0.1) is 6.92 Å². The Balaban J connectivity index is 1.96. The second kappa shape index (κ2) is 5.64. The highest BCUT2D eigenvalue weighted by molar-refractivity contribution is 6.16. The zero-order valence-corrected chi connectivity index (χ0v) is 10.6. The van der Waals surface area contributed by atoms with Gasteiger partial charge in [0.05, 0.1) is 6.42 Å². The van der Waals surface area contributed by atoms with Crippen LogP contribution in [0.3, 0.4) is 0 Å². The van der Waals surface area contributed by atoms with Crippen LogP contribution in [0.15, 0.2) is 28.8 Å². The van der Waals surface area contributed by atoms with Gasteiger partial charge >= 0.3 is 0 Å². The molecule has 2 rings (SSSR count). The van der Waals surface area contributed by atoms with E-state index in [9.17, 15) is 4.79 Å². The minimum Gasteiger partial charge on any atom is -0.338 e. The number of alkyl halides is 1. The van der Waals surface area contributed by atoms with Crippen molar-refractivity contribution in [1.29, 1.82) is 0 Å². The molecule has 2 aromatic rings. The average molecular weight is 266 g/mol. The van der Waals surface area contributed by atoms with Crippen molar-refractivity contribution in [2.24, 2.45) is 0 Å². The van der Waals surface area contributed by atoms with Gasteiger partial charge in [0.2, 0.25) is 11.8 Å². The average Bonchev–Trinajstić information content (AvgIpc) is 2.76. The standard InChI is InChI=1S/C12H12ClN3O2/c1-8-3-2-4-9(5-8)14-11(17)6-10-15-12(7-13)18-16-10/h2-5H,6-7H2,1H3,(H,14,17). The third-order valence-corrected chi connectivity index (χ3v) is 2.47. The molecule has 0 radical (unpaired) electrons. The number of carbonyl (C=O) groups excluding carboxylic acids is 1. The quantitative estimate of drug-likeness (QED) is 0.862. The third-order valence-electron chi connectivity index (χ3n) is 2.24. The van der Waals surface area contributed by atoms with E-state index >= 15 is 0 Å². The van der Waals surface area contributed by atoms with E-state index < -0.39 is 0 Å². The second-order valence-corrected chi connectivity index (χ2v) is 4.10. The van der Waals surface area contributed by atoms with Crippen molar-refractivity contribution in [2.75, 3.05) is 5.32 Å². The van der Waals surface area contributed by atoms with Gasteiger partial charge in [0.1, 0.15) is 5.88 Å². The molecule has 0 unspecified atom stereocenters. The number of hydrogen-bond donors (Lipinski definition) is 1. The summed E-state index contributed by atoms with van der Waals surface area (Å²) in [4.78, 5) is 15.7. The van der Waals surface area contributed by atoms with Crippen LogP contribution in [0.25, 0.3) is 0 Å². The van der Waals surface area contributed by atoms with Crippen LogP contribution in [-0.4, -0.2) is 16.0 Å². The van der Waals surface area contributed by atoms with Crippen molar-refractivity contribution in [3.8, 4) is 0 Å². The predicted molar refractivity (Wildman–Crippen MR) is 67.4 cm³/mol. The topological polar surface area (TPSA) is 68.0 Å². The Labute approximate surface area is 109 Å². The molecule has 1 heterocycles. The van der Waals surface area contributed by atoms with Crippen molar-refractivity contribution < 1.29 is 9.32 Å². The van der Waals surface area contributed by atoms with E-state index in [0.717, 1.165) is 11.3 Å². The van der Waals surface area contributed by atoms with Crippen LogP contribution < -0.4 is 5.32 Å². The van der Waals surface area contributed by atoms with Crippen LogP contribution in [-0.2, 0) is 17.1 Å². The Morgan fingerprint density at radius 2 is 2.33 bits per heavy atom. The maximum Gasteiger partial charge on any atom is 0.241 e. The van der Waals surface area contributed by atoms with E-state index in [1.165, 1.54) is 0 Å². The number of rotatable bonds is 4. The SMILES string of the molecule is Cc1cccc(NC(=O)Cc2noc(CCl)n2)c1. The van der Waals surface area contributed by atoms with Crippen molar-refractivity contribution in [3.63, 3.8) is 0 Å². The van der Waals surface area contributed by atoms with Gasteiger partial charge in [-0.05, 0) is 24.6 Å². The zero-order chi connectivity index (χ0) is 13.0. The number of anilines is 1. The van der Waals surface area contributed by atoms with E-state index in [4.69, 9.17) is 16.1 Å². The maximum absolute atomic E-state index is 11.7. The summed E-state index contributed by atoms with van der Waals surface area (Å²) in [7, 11) is 0. The first-order valence-electron chi connectivity index (χ1n) is 5.41. The van der Waals surface area contributed by atoms with Crippen LogP contribution in [0.2, 0.25) is 0 Å². The van der Waals surface area contributed by atoms with Crippen molar-refractivity contribution in [1.82, 2.24) is 10.1 Å². The Hall–Kier alpha value is -1.88. The molecular weight excluding hydrogens is 254 g/mol. The molecule has 1 aromatic heterocycles. The van der Waals surface area contributed by atoms with Crippen LogP contribution in [0.4, 0.5) is 5.69 Å². The molecule has 0 fully saturated rings. The van der Waals surface area contributed by atoms with Crippen LogP contribution in [0.1, 0.15) is 17.3 Å². The highest BCUT2D eigenvalue weighted by Gasteiger charge is 2.10. The van der Waals surface area contributed by atoms with Gasteiger partial charge in [-0.15, -0.1) is 11.6 Å². The molecule has 0 saturated carbocycles. The number of nitrogens with zero attached hydrogens (tertiary/aromatic N) is 2. The van der Waals surface area contributed by atoms with Gasteiger partial charge in [0.25, 0.3) is 0 Å². The molecule has 0 atom stereocenters. The van der Waals surface area contributed by atoms with Gasteiger partial charge in [-0.1, -0.05) is 17.3 Å². The number of benzene rings is 1. The lowest BCUT2D eigenvalue weighted by molar-refractivity contribution is -0.115. The van der Waals surface area contributed by atoms with Gasteiger partial charge < -0.3 is 9.84 Å². The molecule has 94 valence electrons. The first-order valence-corrected chi connectivity index (χ1v) is 5.95. The summed E-state index contributed by atoms with van der Waals surface area (Å²) in [5.74, 6) is 0.598. The van der Waals surface area contributed by atoms with Gasteiger partial charge in [0.15, 0.2) is 5.82 Å². The van der Waals surface area contributed by atoms with E-state index in [0.29, 0.717) is 11.7 Å². The van der Waals surface area contributed by atoms with E-state index in [1.54, 1.807) is 0 Å². The first-order chi connectivity index (χ1) is 8.67. The minimum absolute atomic E-state index is 0.0638. The molecule has 0 aliphatic heterocycles. The molecule has 0 saturated heterocycles. The molecular formula is C12H12ClN3O2. The summed E-state index contributed by atoms with van der Waals surface area (Å²) in [5, 5.41) is 6.42. The summed E-state index contributed by atoms with van der Waals surface area (Å²) in [6, 6.07) is 7.55. The number of aryl methyl sites for hydroxylation is 1. The normalized spacial score (nSPS) is 10.3. The largest absolute Gasteiger partial charge is 0.338 e. The summed E-state index contributed by atoms with van der Waals surface area (Å²) < 4.78 is 4.81. The summed E-state index contributed by atoms with van der Waals surface area (Å²) >= 11 is 5.53. The van der Waals surface area contributed by atoms with Gasteiger partial charge in [-0.2, -0.15) is 4.98 Å². The monoisotopic (exact) mass is 265 g/mol. The molecule has 1 amide bonds. The fraction of sp³-hybridized carbons (Fsp3) is 0.250. The zero-order valence-electron chi connectivity index (χ0n) is 9.81. The molecule has 0 aliphatic rings. The summed E-state index contributed by atoms with van der Waals surface area (Å²) in [6.45, 7) is 1.96. The Morgan fingerprint density at radius 3 is 3.00 bits per heavy atom. The van der Waals surface area contributed by atoms with Gasteiger partial charge in [0, 0.05) is 5.69 Å². The molecule has 0 aliphatic carbocycles. The maximum atomic E-state index is 11.7. The molecule has 1 N–H and O–H groups in total. The van der Waals surface area contributed by atoms with Crippen molar-refractivity contribution in [3.05, 3.63) is 41.5 Å².